The van der Waals surface area contributed by atoms with Gasteiger partial charge in [0.25, 0.3) is 0 Å². The van der Waals surface area contributed by atoms with Gasteiger partial charge in [-0.05, 0) is 0 Å². The van der Waals surface area contributed by atoms with Crippen LogP contribution in [0.2, 0.25) is 6.55 Å². The largest absolute Gasteiger partial charge is 1.00 e. The van der Waals surface area contributed by atoms with Crippen molar-refractivity contribution in [1.29, 1.82) is 0 Å². The Morgan fingerprint density at radius 3 is 2.33 bits per heavy atom. The molecule has 1 unspecified atom stereocenters. The molecule has 1 aromatic carbocycles. The van der Waals surface area contributed by atoms with E-state index in [1.54, 1.807) is 17.7 Å². The molecular weight excluding hydrogens is 470 g/mol. The van der Waals surface area contributed by atoms with Crippen molar-refractivity contribution in [3.8, 4) is 0 Å². The molecular formula is C22H30Cl2OSiZr. The minimum atomic E-state index is -0.786. The molecule has 0 aromatic heterocycles. The Balaban J connectivity index is 0.00000182. The Hall–Kier alpha value is 0.0800. The van der Waals surface area contributed by atoms with E-state index in [9.17, 15) is 0 Å². The van der Waals surface area contributed by atoms with Crippen molar-refractivity contribution in [2.75, 3.05) is 6.61 Å². The van der Waals surface area contributed by atoms with Crippen LogP contribution in [0.15, 0.2) is 47.5 Å². The second kappa shape index (κ2) is 10.2. The smallest absolute Gasteiger partial charge is 1.00 e. The summed E-state index contributed by atoms with van der Waals surface area (Å²) < 4.78 is 9.36. The van der Waals surface area contributed by atoms with Crippen LogP contribution < -0.4 is 24.8 Å². The van der Waals surface area contributed by atoms with Gasteiger partial charge in [-0.3, -0.25) is 0 Å². The molecule has 0 radical (unpaired) electrons. The van der Waals surface area contributed by atoms with E-state index in [2.05, 4.69) is 71.5 Å². The third-order valence-corrected chi connectivity index (χ3v) is 11.8. The van der Waals surface area contributed by atoms with Crippen molar-refractivity contribution < 1.29 is 52.5 Å². The van der Waals surface area contributed by atoms with Crippen LogP contribution in [-0.2, 0) is 27.7 Å². The summed E-state index contributed by atoms with van der Waals surface area (Å²) in [5.41, 5.74) is 7.94. The fraction of sp³-hybridized carbons (Fsp3) is 0.455. The Morgan fingerprint density at radius 1 is 1.07 bits per heavy atom. The molecule has 0 heterocycles. The molecule has 0 bridgehead atoms. The molecule has 1 nitrogen and oxygen atoms in total. The monoisotopic (exact) mass is 498 g/mol. The van der Waals surface area contributed by atoms with E-state index in [1.807, 2.05) is 0 Å². The summed E-state index contributed by atoms with van der Waals surface area (Å²) in [7, 11) is -0.299. The number of hydrogen-bond acceptors (Lipinski definition) is 1. The van der Waals surface area contributed by atoms with E-state index in [-0.39, 0.29) is 40.0 Å². The molecule has 0 N–H and O–H groups in total. The number of halogens is 2. The van der Waals surface area contributed by atoms with Crippen LogP contribution in [0.4, 0.5) is 0 Å². The molecule has 146 valence electrons. The molecule has 2 aliphatic rings. The summed E-state index contributed by atoms with van der Waals surface area (Å²) in [5.74, 6) is 0.598. The number of fused-ring (bicyclic) bond motifs is 1. The van der Waals surface area contributed by atoms with E-state index >= 15 is 0 Å². The summed E-state index contributed by atoms with van der Waals surface area (Å²) >= 11 is -0.786. The predicted octanol–water partition coefficient (Wildman–Crippen LogP) is -0.596. The van der Waals surface area contributed by atoms with Crippen molar-refractivity contribution in [3.63, 3.8) is 0 Å². The normalized spacial score (nSPS) is 20.4. The van der Waals surface area contributed by atoms with E-state index < -0.39 is 23.2 Å². The molecule has 0 amide bonds. The first-order valence-electron chi connectivity index (χ1n) is 9.42. The Labute approximate surface area is 191 Å². The number of benzene rings is 1. The van der Waals surface area contributed by atoms with E-state index in [1.165, 1.54) is 16.7 Å². The summed E-state index contributed by atoms with van der Waals surface area (Å²) in [6, 6.07) is 9.00. The fourth-order valence-corrected chi connectivity index (χ4v) is 9.20. The zero-order chi connectivity index (χ0) is 18.2. The molecule has 5 heteroatoms. The summed E-state index contributed by atoms with van der Waals surface area (Å²) in [5, 5.41) is 0. The van der Waals surface area contributed by atoms with Crippen LogP contribution in [0, 0.1) is 5.41 Å². The standard InChI is InChI=1S/C12H15OSi.C10H15.2ClH.Zr/c1-14-13-9-8-11-7-6-10-4-2-3-5-12(10)11;1-7-6-10(4,5)9(3)8(7)2;;;/h2-6,11H,8-9,14H2,1H3;1-5H3;2*1H;/q;;;;+2/p-2. The molecule has 1 atom stereocenters. The van der Waals surface area contributed by atoms with Crippen LogP contribution >= 0.6 is 0 Å². The minimum absolute atomic E-state index is 0. The van der Waals surface area contributed by atoms with Crippen molar-refractivity contribution in [1.82, 2.24) is 0 Å². The quantitative estimate of drug-likeness (QED) is 0.375. The van der Waals surface area contributed by atoms with E-state index in [0.717, 1.165) is 13.0 Å². The zero-order valence-corrected chi connectivity index (χ0v) is 22.6. The molecule has 0 spiro atoms. The van der Waals surface area contributed by atoms with Gasteiger partial charge in [0.2, 0.25) is 0 Å². The fourth-order valence-electron chi connectivity index (χ4n) is 4.16. The number of hydrogen-bond donors (Lipinski definition) is 0. The third-order valence-electron chi connectivity index (χ3n) is 6.14. The van der Waals surface area contributed by atoms with Crippen LogP contribution in [0.25, 0.3) is 6.08 Å². The average Bonchev–Trinajstić information content (AvgIpc) is 3.01. The van der Waals surface area contributed by atoms with Gasteiger partial charge in [0, 0.05) is 0 Å². The maximum absolute atomic E-state index is 5.84. The second-order valence-electron chi connectivity index (χ2n) is 7.77. The average molecular weight is 501 g/mol. The second-order valence-corrected chi connectivity index (χ2v) is 12.0. The number of rotatable bonds is 6. The van der Waals surface area contributed by atoms with Gasteiger partial charge in [-0.2, -0.15) is 0 Å². The van der Waals surface area contributed by atoms with Crippen LogP contribution in [0.5, 0.6) is 0 Å². The van der Waals surface area contributed by atoms with Crippen LogP contribution in [0.1, 0.15) is 58.1 Å². The van der Waals surface area contributed by atoms with Gasteiger partial charge in [-0.1, -0.05) is 0 Å². The van der Waals surface area contributed by atoms with Gasteiger partial charge in [-0.25, -0.2) is 0 Å². The van der Waals surface area contributed by atoms with Crippen molar-refractivity contribution in [3.05, 3.63) is 58.7 Å². The summed E-state index contributed by atoms with van der Waals surface area (Å²) in [6.45, 7) is 15.0. The summed E-state index contributed by atoms with van der Waals surface area (Å²) in [6.07, 6.45) is 3.68. The first-order valence-corrected chi connectivity index (χ1v) is 13.9. The molecule has 1 aromatic rings. The molecule has 0 aliphatic heterocycles. The number of allylic oxidation sites excluding steroid dienone is 5. The van der Waals surface area contributed by atoms with Gasteiger partial charge in [0.15, 0.2) is 0 Å². The molecule has 2 aliphatic carbocycles. The SMILES string of the molecule is C[SiH2]OCCC1[C]([Zr+2][C]2=C(C)C(C)=C(C)C2(C)C)=Cc2ccccc21.[Cl-].[Cl-]. The molecule has 0 fully saturated rings. The molecule has 0 saturated carbocycles. The third kappa shape index (κ3) is 4.81. The van der Waals surface area contributed by atoms with Crippen molar-refractivity contribution in [2.45, 2.75) is 53.5 Å². The van der Waals surface area contributed by atoms with E-state index in [4.69, 9.17) is 4.43 Å². The first-order chi connectivity index (χ1) is 11.9. The van der Waals surface area contributed by atoms with Crippen molar-refractivity contribution in [2.24, 2.45) is 5.41 Å². The molecule has 0 saturated heterocycles. The van der Waals surface area contributed by atoms with Gasteiger partial charge >= 0.3 is 168 Å². The van der Waals surface area contributed by atoms with Gasteiger partial charge < -0.3 is 24.8 Å². The van der Waals surface area contributed by atoms with Crippen molar-refractivity contribution >= 4 is 15.8 Å². The summed E-state index contributed by atoms with van der Waals surface area (Å²) in [4.78, 5) is 0. The minimum Gasteiger partial charge on any atom is -1.00 e. The van der Waals surface area contributed by atoms with Gasteiger partial charge in [0.1, 0.15) is 0 Å². The van der Waals surface area contributed by atoms with Crippen LogP contribution in [-0.4, -0.2) is 16.4 Å². The zero-order valence-electron chi connectivity index (χ0n) is 17.2. The van der Waals surface area contributed by atoms with Gasteiger partial charge in [0.05, 0.1) is 0 Å². The maximum Gasteiger partial charge on any atom is -1.00 e. The Bertz CT molecular complexity index is 780. The molecule has 3 rings (SSSR count). The predicted molar refractivity (Wildman–Crippen MR) is 107 cm³/mol. The van der Waals surface area contributed by atoms with E-state index in [0.29, 0.717) is 5.92 Å². The molecule has 27 heavy (non-hydrogen) atoms. The maximum atomic E-state index is 5.84. The Kier molecular flexibility index (Phi) is 9.50. The van der Waals surface area contributed by atoms with Crippen LogP contribution in [0.3, 0.4) is 0 Å². The van der Waals surface area contributed by atoms with Gasteiger partial charge in [-0.15, -0.1) is 0 Å². The topological polar surface area (TPSA) is 9.23 Å². The first kappa shape index (κ1) is 25.1. The Morgan fingerprint density at radius 2 is 1.74 bits per heavy atom.